The fourth-order valence-corrected chi connectivity index (χ4v) is 2.31. The van der Waals surface area contributed by atoms with E-state index in [9.17, 15) is 0 Å². The minimum absolute atomic E-state index is 0.120. The Kier molecular flexibility index (Phi) is 9.42. The SMILES string of the molecule is NCCCCN1CCCN(CCOCCO)CC1. The van der Waals surface area contributed by atoms with Crippen LogP contribution in [0.5, 0.6) is 0 Å². The van der Waals surface area contributed by atoms with Gasteiger partial charge in [0, 0.05) is 19.6 Å². The quantitative estimate of drug-likeness (QED) is 0.559. The molecule has 0 radical (unpaired) electrons. The van der Waals surface area contributed by atoms with E-state index in [0.717, 1.165) is 45.8 Å². The van der Waals surface area contributed by atoms with Gasteiger partial charge in [-0.25, -0.2) is 0 Å². The van der Waals surface area contributed by atoms with Gasteiger partial charge < -0.3 is 20.5 Å². The molecule has 0 unspecified atom stereocenters. The average Bonchev–Trinajstić information content (AvgIpc) is 2.61. The molecular formula is C13H29N3O2. The first-order chi connectivity index (χ1) is 8.86. The predicted octanol–water partition coefficient (Wildman–Crippen LogP) is -0.258. The van der Waals surface area contributed by atoms with Crippen LogP contribution in [0.25, 0.3) is 0 Å². The van der Waals surface area contributed by atoms with E-state index in [1.807, 2.05) is 0 Å². The van der Waals surface area contributed by atoms with Gasteiger partial charge in [0.1, 0.15) is 0 Å². The van der Waals surface area contributed by atoms with E-state index >= 15 is 0 Å². The van der Waals surface area contributed by atoms with Crippen molar-refractivity contribution in [3.8, 4) is 0 Å². The smallest absolute Gasteiger partial charge is 0.0698 e. The van der Waals surface area contributed by atoms with Gasteiger partial charge >= 0.3 is 0 Å². The van der Waals surface area contributed by atoms with Crippen molar-refractivity contribution in [2.75, 3.05) is 65.6 Å². The van der Waals surface area contributed by atoms with Crippen LogP contribution in [0.2, 0.25) is 0 Å². The van der Waals surface area contributed by atoms with Gasteiger partial charge in [-0.15, -0.1) is 0 Å². The van der Waals surface area contributed by atoms with Crippen LogP contribution >= 0.6 is 0 Å². The molecule has 1 aliphatic heterocycles. The highest BCUT2D eigenvalue weighted by Gasteiger charge is 2.13. The lowest BCUT2D eigenvalue weighted by Crippen LogP contribution is -2.33. The number of nitrogens with zero attached hydrogens (tertiary/aromatic N) is 2. The van der Waals surface area contributed by atoms with Crippen LogP contribution < -0.4 is 5.73 Å². The summed E-state index contributed by atoms with van der Waals surface area (Å²) in [5, 5.41) is 8.63. The monoisotopic (exact) mass is 259 g/mol. The molecule has 108 valence electrons. The number of hydrogen-bond acceptors (Lipinski definition) is 5. The second kappa shape index (κ2) is 10.7. The van der Waals surface area contributed by atoms with E-state index in [2.05, 4.69) is 9.80 Å². The number of nitrogens with two attached hydrogens (primary N) is 1. The third-order valence-corrected chi connectivity index (χ3v) is 3.40. The first-order valence-electron chi connectivity index (χ1n) is 7.20. The Morgan fingerprint density at radius 1 is 0.944 bits per heavy atom. The summed E-state index contributed by atoms with van der Waals surface area (Å²) in [5.74, 6) is 0. The molecule has 0 bridgehead atoms. The number of unbranched alkanes of at least 4 members (excludes halogenated alkanes) is 1. The Bertz CT molecular complexity index is 193. The van der Waals surface area contributed by atoms with E-state index in [4.69, 9.17) is 15.6 Å². The van der Waals surface area contributed by atoms with Gasteiger partial charge in [0.2, 0.25) is 0 Å². The molecule has 0 saturated carbocycles. The van der Waals surface area contributed by atoms with Crippen molar-refractivity contribution >= 4 is 0 Å². The zero-order chi connectivity index (χ0) is 13.1. The number of hydrogen-bond donors (Lipinski definition) is 2. The minimum atomic E-state index is 0.120. The molecule has 1 aliphatic rings. The zero-order valence-electron chi connectivity index (χ0n) is 11.5. The van der Waals surface area contributed by atoms with Crippen molar-refractivity contribution in [3.63, 3.8) is 0 Å². The third kappa shape index (κ3) is 7.28. The normalized spacial score (nSPS) is 19.0. The Morgan fingerprint density at radius 2 is 1.67 bits per heavy atom. The maximum absolute atomic E-state index is 8.63. The van der Waals surface area contributed by atoms with Crippen molar-refractivity contribution in [1.29, 1.82) is 0 Å². The van der Waals surface area contributed by atoms with Crippen molar-refractivity contribution < 1.29 is 9.84 Å². The van der Waals surface area contributed by atoms with E-state index in [1.54, 1.807) is 0 Å². The molecule has 0 atom stereocenters. The first kappa shape index (κ1) is 15.9. The highest BCUT2D eigenvalue weighted by molar-refractivity contribution is 4.69. The van der Waals surface area contributed by atoms with Crippen LogP contribution in [-0.2, 0) is 4.74 Å². The summed E-state index contributed by atoms with van der Waals surface area (Å²) in [6.07, 6.45) is 3.59. The fraction of sp³-hybridized carbons (Fsp3) is 1.00. The van der Waals surface area contributed by atoms with Gasteiger partial charge in [-0.1, -0.05) is 0 Å². The van der Waals surface area contributed by atoms with Gasteiger partial charge in [0.25, 0.3) is 0 Å². The van der Waals surface area contributed by atoms with E-state index < -0.39 is 0 Å². The molecule has 0 aliphatic carbocycles. The third-order valence-electron chi connectivity index (χ3n) is 3.40. The average molecular weight is 259 g/mol. The summed E-state index contributed by atoms with van der Waals surface area (Å²) >= 11 is 0. The fourth-order valence-electron chi connectivity index (χ4n) is 2.31. The summed E-state index contributed by atoms with van der Waals surface area (Å²) < 4.78 is 5.31. The molecule has 1 saturated heterocycles. The number of aliphatic hydroxyl groups is 1. The lowest BCUT2D eigenvalue weighted by atomic mass is 10.3. The van der Waals surface area contributed by atoms with Crippen molar-refractivity contribution in [2.45, 2.75) is 19.3 Å². The van der Waals surface area contributed by atoms with E-state index in [1.165, 1.54) is 25.9 Å². The predicted molar refractivity (Wildman–Crippen MR) is 73.7 cm³/mol. The van der Waals surface area contributed by atoms with Gasteiger partial charge in [-0.3, -0.25) is 4.90 Å². The second-order valence-corrected chi connectivity index (χ2v) is 4.87. The Labute approximate surface area is 111 Å². The molecule has 1 rings (SSSR count). The van der Waals surface area contributed by atoms with Crippen LogP contribution in [0.4, 0.5) is 0 Å². The van der Waals surface area contributed by atoms with Gasteiger partial charge in [-0.2, -0.15) is 0 Å². The zero-order valence-corrected chi connectivity index (χ0v) is 11.5. The van der Waals surface area contributed by atoms with Crippen LogP contribution in [0.1, 0.15) is 19.3 Å². The van der Waals surface area contributed by atoms with Gasteiger partial charge in [0.05, 0.1) is 19.8 Å². The molecule has 3 N–H and O–H groups in total. The largest absolute Gasteiger partial charge is 0.394 e. The Morgan fingerprint density at radius 3 is 2.33 bits per heavy atom. The van der Waals surface area contributed by atoms with Crippen molar-refractivity contribution in [1.82, 2.24) is 9.80 Å². The van der Waals surface area contributed by atoms with Crippen LogP contribution in [0, 0.1) is 0 Å². The van der Waals surface area contributed by atoms with Crippen LogP contribution in [-0.4, -0.2) is 80.5 Å². The van der Waals surface area contributed by atoms with Gasteiger partial charge in [0.15, 0.2) is 0 Å². The highest BCUT2D eigenvalue weighted by Crippen LogP contribution is 2.04. The van der Waals surface area contributed by atoms with E-state index in [-0.39, 0.29) is 6.61 Å². The molecule has 0 aromatic rings. The maximum atomic E-state index is 8.63. The molecule has 0 aromatic carbocycles. The molecule has 18 heavy (non-hydrogen) atoms. The highest BCUT2D eigenvalue weighted by atomic mass is 16.5. The van der Waals surface area contributed by atoms with Gasteiger partial charge in [-0.05, 0) is 45.4 Å². The lowest BCUT2D eigenvalue weighted by Gasteiger charge is -2.21. The summed E-state index contributed by atoms with van der Waals surface area (Å²) in [5.41, 5.74) is 5.52. The molecule has 0 spiro atoms. The van der Waals surface area contributed by atoms with Crippen molar-refractivity contribution in [2.24, 2.45) is 5.73 Å². The molecule has 0 aromatic heterocycles. The maximum Gasteiger partial charge on any atom is 0.0698 e. The molecule has 1 heterocycles. The van der Waals surface area contributed by atoms with Crippen molar-refractivity contribution in [3.05, 3.63) is 0 Å². The van der Waals surface area contributed by atoms with Crippen LogP contribution in [0.3, 0.4) is 0 Å². The number of rotatable bonds is 9. The Hall–Kier alpha value is -0.200. The summed E-state index contributed by atoms with van der Waals surface area (Å²) in [6, 6.07) is 0. The van der Waals surface area contributed by atoms with E-state index in [0.29, 0.717) is 6.61 Å². The molecule has 0 amide bonds. The minimum Gasteiger partial charge on any atom is -0.394 e. The molecule has 5 heteroatoms. The lowest BCUT2D eigenvalue weighted by molar-refractivity contribution is 0.0743. The number of aliphatic hydroxyl groups excluding tert-OH is 1. The summed E-state index contributed by atoms with van der Waals surface area (Å²) in [6.45, 7) is 8.94. The van der Waals surface area contributed by atoms with Crippen LogP contribution in [0.15, 0.2) is 0 Å². The second-order valence-electron chi connectivity index (χ2n) is 4.87. The molecule has 5 nitrogen and oxygen atoms in total. The Balaban J connectivity index is 2.08. The number of ether oxygens (including phenoxy) is 1. The molecular weight excluding hydrogens is 230 g/mol. The first-order valence-corrected chi connectivity index (χ1v) is 7.20. The molecule has 1 fully saturated rings. The summed E-state index contributed by atoms with van der Waals surface area (Å²) in [4.78, 5) is 5.00. The standard InChI is InChI=1S/C13H29N3O2/c14-4-1-2-5-15-6-3-7-16(9-8-15)10-12-18-13-11-17/h17H,1-14H2. The summed E-state index contributed by atoms with van der Waals surface area (Å²) in [7, 11) is 0. The topological polar surface area (TPSA) is 62.0 Å².